The van der Waals surface area contributed by atoms with Crippen LogP contribution in [0.15, 0.2) is 24.3 Å². The van der Waals surface area contributed by atoms with E-state index in [1.807, 2.05) is 31.2 Å². The van der Waals surface area contributed by atoms with Crippen LogP contribution in [0.25, 0.3) is 0 Å². The van der Waals surface area contributed by atoms with Gasteiger partial charge in [0.05, 0.1) is 0 Å². The Bertz CT molecular complexity index is 318. The first-order valence-electron chi connectivity index (χ1n) is 4.16. The van der Waals surface area contributed by atoms with Gasteiger partial charge in [0.25, 0.3) is 0 Å². The first-order valence-corrected chi connectivity index (χ1v) is 5.14. The molecule has 1 fully saturated rings. The molecule has 0 aliphatic carbocycles. The van der Waals surface area contributed by atoms with E-state index >= 15 is 0 Å². The van der Waals surface area contributed by atoms with Crippen molar-refractivity contribution in [2.75, 3.05) is 5.75 Å². The number of carbonyl (C=O) groups excluding carboxylic acids is 1. The Kier molecular flexibility index (Phi) is 2.27. The Balaban J connectivity index is 2.17. The second kappa shape index (κ2) is 3.42. The lowest BCUT2D eigenvalue weighted by atomic mass is 10.1. The monoisotopic (exact) mass is 194 g/mol. The lowest BCUT2D eigenvalue weighted by Crippen LogP contribution is -1.99. The van der Waals surface area contributed by atoms with Gasteiger partial charge in [0.15, 0.2) is 0 Å². The van der Waals surface area contributed by atoms with Gasteiger partial charge >= 0.3 is 5.30 Å². The van der Waals surface area contributed by atoms with Gasteiger partial charge in [0, 0.05) is 5.75 Å². The Hall–Kier alpha value is -0.960. The van der Waals surface area contributed by atoms with E-state index in [0.717, 1.165) is 11.3 Å². The van der Waals surface area contributed by atoms with Gasteiger partial charge in [-0.3, -0.25) is 0 Å². The molecule has 0 amide bonds. The van der Waals surface area contributed by atoms with Gasteiger partial charge in [-0.25, -0.2) is 4.79 Å². The molecule has 13 heavy (non-hydrogen) atoms. The van der Waals surface area contributed by atoms with E-state index in [-0.39, 0.29) is 11.4 Å². The number of rotatable bonds is 1. The predicted octanol–water partition coefficient (Wildman–Crippen LogP) is 2.92. The van der Waals surface area contributed by atoms with Crippen LogP contribution in [0.2, 0.25) is 0 Å². The fraction of sp³-hybridized carbons (Fsp3) is 0.300. The molecule has 0 spiro atoms. The summed E-state index contributed by atoms with van der Waals surface area (Å²) in [5, 5.41) is -0.162. The SMILES string of the molecule is Cc1ccc([C@H]2CSC(=O)O2)cc1. The summed E-state index contributed by atoms with van der Waals surface area (Å²) in [5.74, 6) is 0.738. The molecule has 1 saturated heterocycles. The number of thioether (sulfide) groups is 1. The van der Waals surface area contributed by atoms with Crippen LogP contribution >= 0.6 is 11.8 Å². The molecule has 0 saturated carbocycles. The Morgan fingerprint density at radius 2 is 2.08 bits per heavy atom. The highest BCUT2D eigenvalue weighted by molar-refractivity contribution is 8.13. The molecule has 2 rings (SSSR count). The lowest BCUT2D eigenvalue weighted by Gasteiger charge is -2.07. The van der Waals surface area contributed by atoms with Crippen molar-refractivity contribution in [1.82, 2.24) is 0 Å². The molecule has 3 heteroatoms. The van der Waals surface area contributed by atoms with Gasteiger partial charge in [-0.15, -0.1) is 0 Å². The minimum Gasteiger partial charge on any atom is -0.448 e. The van der Waals surface area contributed by atoms with Crippen LogP contribution in [0.4, 0.5) is 4.79 Å². The normalized spacial score (nSPS) is 21.6. The van der Waals surface area contributed by atoms with E-state index in [1.165, 1.54) is 17.3 Å². The van der Waals surface area contributed by atoms with Gasteiger partial charge in [-0.2, -0.15) is 0 Å². The fourth-order valence-electron chi connectivity index (χ4n) is 1.27. The summed E-state index contributed by atoms with van der Waals surface area (Å²) in [6, 6.07) is 8.09. The number of aryl methyl sites for hydroxylation is 1. The van der Waals surface area contributed by atoms with Crippen LogP contribution in [0.1, 0.15) is 17.2 Å². The molecule has 68 valence electrons. The number of cyclic esters (lactones) is 1. The number of benzene rings is 1. The van der Waals surface area contributed by atoms with Gasteiger partial charge in [-0.1, -0.05) is 29.8 Å². The number of carbonyl (C=O) groups is 1. The van der Waals surface area contributed by atoms with Crippen LogP contribution in [0.5, 0.6) is 0 Å². The molecule has 0 aromatic heterocycles. The molecule has 1 heterocycles. The third-order valence-electron chi connectivity index (χ3n) is 2.04. The topological polar surface area (TPSA) is 26.3 Å². The van der Waals surface area contributed by atoms with E-state index in [1.54, 1.807) is 0 Å². The second-order valence-electron chi connectivity index (χ2n) is 3.08. The molecule has 0 unspecified atom stereocenters. The van der Waals surface area contributed by atoms with E-state index in [2.05, 4.69) is 0 Å². The summed E-state index contributed by atoms with van der Waals surface area (Å²) in [6.45, 7) is 2.04. The molecule has 0 bridgehead atoms. The molecular formula is C10H10O2S. The number of ether oxygens (including phenoxy) is 1. The summed E-state index contributed by atoms with van der Waals surface area (Å²) in [5.41, 5.74) is 2.31. The lowest BCUT2D eigenvalue weighted by molar-refractivity contribution is 0.145. The third-order valence-corrected chi connectivity index (χ3v) is 2.84. The maximum atomic E-state index is 10.8. The van der Waals surface area contributed by atoms with Gasteiger partial charge in [0.1, 0.15) is 6.10 Å². The zero-order valence-corrected chi connectivity index (χ0v) is 8.14. The van der Waals surface area contributed by atoms with Crippen molar-refractivity contribution in [2.45, 2.75) is 13.0 Å². The summed E-state index contributed by atoms with van der Waals surface area (Å²) >= 11 is 1.24. The molecule has 1 aromatic carbocycles. The highest BCUT2D eigenvalue weighted by atomic mass is 32.2. The average molecular weight is 194 g/mol. The Morgan fingerprint density at radius 3 is 2.62 bits per heavy atom. The summed E-state index contributed by atoms with van der Waals surface area (Å²) < 4.78 is 5.11. The largest absolute Gasteiger partial charge is 0.448 e. The molecule has 0 radical (unpaired) electrons. The predicted molar refractivity (Wildman–Crippen MR) is 52.9 cm³/mol. The molecule has 1 atom stereocenters. The highest BCUT2D eigenvalue weighted by Crippen LogP contribution is 2.31. The molecule has 1 aromatic rings. The standard InChI is InChI=1S/C10H10O2S/c1-7-2-4-8(5-3-7)9-6-13-10(11)12-9/h2-5,9H,6H2,1H3/t9-/m1/s1. The maximum absolute atomic E-state index is 10.8. The van der Waals surface area contributed by atoms with E-state index < -0.39 is 0 Å². The van der Waals surface area contributed by atoms with Crippen LogP contribution in [0, 0.1) is 6.92 Å². The van der Waals surface area contributed by atoms with Crippen molar-refractivity contribution in [3.05, 3.63) is 35.4 Å². The fourth-order valence-corrected chi connectivity index (χ4v) is 2.01. The van der Waals surface area contributed by atoms with Crippen molar-refractivity contribution in [1.29, 1.82) is 0 Å². The first-order chi connectivity index (χ1) is 6.25. The molecule has 0 N–H and O–H groups in total. The molecule has 1 aliphatic rings. The van der Waals surface area contributed by atoms with Gasteiger partial charge < -0.3 is 4.74 Å². The summed E-state index contributed by atoms with van der Waals surface area (Å²) in [6.07, 6.45) is -0.0434. The number of hydrogen-bond acceptors (Lipinski definition) is 3. The van der Waals surface area contributed by atoms with Crippen LogP contribution in [-0.2, 0) is 4.74 Å². The zero-order valence-electron chi connectivity index (χ0n) is 7.32. The summed E-state index contributed by atoms with van der Waals surface area (Å²) in [7, 11) is 0. The van der Waals surface area contributed by atoms with Crippen LogP contribution in [-0.4, -0.2) is 11.1 Å². The van der Waals surface area contributed by atoms with Crippen molar-refractivity contribution in [3.8, 4) is 0 Å². The summed E-state index contributed by atoms with van der Waals surface area (Å²) in [4.78, 5) is 10.8. The van der Waals surface area contributed by atoms with Gasteiger partial charge in [0.2, 0.25) is 0 Å². The van der Waals surface area contributed by atoms with Crippen molar-refractivity contribution in [3.63, 3.8) is 0 Å². The Labute approximate surface area is 81.3 Å². The van der Waals surface area contributed by atoms with E-state index in [4.69, 9.17) is 4.74 Å². The minimum absolute atomic E-state index is 0.0434. The van der Waals surface area contributed by atoms with Gasteiger partial charge in [-0.05, 0) is 24.2 Å². The Morgan fingerprint density at radius 1 is 1.38 bits per heavy atom. The smallest absolute Gasteiger partial charge is 0.368 e. The van der Waals surface area contributed by atoms with Crippen molar-refractivity contribution >= 4 is 17.1 Å². The van der Waals surface area contributed by atoms with Crippen LogP contribution in [0.3, 0.4) is 0 Å². The number of hydrogen-bond donors (Lipinski definition) is 0. The highest BCUT2D eigenvalue weighted by Gasteiger charge is 2.25. The van der Waals surface area contributed by atoms with E-state index in [9.17, 15) is 4.79 Å². The van der Waals surface area contributed by atoms with Crippen molar-refractivity contribution < 1.29 is 9.53 Å². The minimum atomic E-state index is -0.162. The third kappa shape index (κ3) is 1.86. The molecule has 1 aliphatic heterocycles. The molecule has 2 nitrogen and oxygen atoms in total. The quantitative estimate of drug-likeness (QED) is 0.643. The second-order valence-corrected chi connectivity index (χ2v) is 4.03. The van der Waals surface area contributed by atoms with Crippen LogP contribution < -0.4 is 0 Å². The maximum Gasteiger partial charge on any atom is 0.368 e. The molecular weight excluding hydrogens is 184 g/mol. The zero-order chi connectivity index (χ0) is 9.26. The van der Waals surface area contributed by atoms with Crippen molar-refractivity contribution in [2.24, 2.45) is 0 Å². The average Bonchev–Trinajstić information content (AvgIpc) is 2.53. The first kappa shape index (κ1) is 8.63. The van der Waals surface area contributed by atoms with E-state index in [0.29, 0.717) is 0 Å².